The molecule has 0 atom stereocenters. The van der Waals surface area contributed by atoms with Crippen LogP contribution in [0.1, 0.15) is 25.3 Å². The normalized spacial score (nSPS) is 10.5. The van der Waals surface area contributed by atoms with Crippen LogP contribution in [-0.4, -0.2) is 36.2 Å². The number of carbonyl (C=O) groups excluding carboxylic acids is 3. The second kappa shape index (κ2) is 10.2. The number of benzene rings is 2. The van der Waals surface area contributed by atoms with Gasteiger partial charge in [-0.05, 0) is 41.8 Å². The van der Waals surface area contributed by atoms with Crippen LogP contribution in [0.5, 0.6) is 5.75 Å². The molecule has 3 amide bonds. The summed E-state index contributed by atoms with van der Waals surface area (Å²) < 4.78 is 4.89. The third kappa shape index (κ3) is 6.32. The van der Waals surface area contributed by atoms with Gasteiger partial charge in [0, 0.05) is 11.4 Å². The molecule has 0 aromatic heterocycles. The van der Waals surface area contributed by atoms with Crippen LogP contribution in [0.4, 0.5) is 16.2 Å². The zero-order chi connectivity index (χ0) is 21.4. The largest absolute Gasteiger partial charge is 0.410 e. The number of hydrogen-bond donors (Lipinski definition) is 3. The third-order valence-electron chi connectivity index (χ3n) is 4.04. The molecule has 0 aliphatic heterocycles. The van der Waals surface area contributed by atoms with Crippen molar-refractivity contribution in [1.29, 1.82) is 0 Å². The maximum absolute atomic E-state index is 12.7. The Morgan fingerprint density at radius 3 is 2.45 bits per heavy atom. The van der Waals surface area contributed by atoms with Gasteiger partial charge in [-0.25, -0.2) is 4.79 Å². The van der Waals surface area contributed by atoms with Crippen LogP contribution in [0.3, 0.4) is 0 Å². The molecule has 4 N–H and O–H groups in total. The predicted octanol–water partition coefficient (Wildman–Crippen LogP) is 2.44. The van der Waals surface area contributed by atoms with Gasteiger partial charge in [0.25, 0.3) is 0 Å². The van der Waals surface area contributed by atoms with Gasteiger partial charge in [0.05, 0.1) is 13.0 Å². The van der Waals surface area contributed by atoms with E-state index in [1.165, 1.54) is 11.0 Å². The number of anilines is 2. The van der Waals surface area contributed by atoms with Crippen molar-refractivity contribution < 1.29 is 24.2 Å². The Balaban J connectivity index is 2.21. The van der Waals surface area contributed by atoms with E-state index in [-0.39, 0.29) is 18.2 Å². The Morgan fingerprint density at radius 1 is 1.17 bits per heavy atom. The number of nitrogens with one attached hydrogen (secondary N) is 1. The Bertz CT molecular complexity index is 868. The third-order valence-corrected chi connectivity index (χ3v) is 4.04. The molecule has 0 heterocycles. The molecule has 2 aromatic rings. The minimum absolute atomic E-state index is 0.0244. The summed E-state index contributed by atoms with van der Waals surface area (Å²) >= 11 is 0. The number of para-hydroxylation sites is 1. The van der Waals surface area contributed by atoms with Crippen molar-refractivity contribution >= 4 is 29.3 Å². The van der Waals surface area contributed by atoms with Gasteiger partial charge in [-0.1, -0.05) is 32.0 Å². The molecule has 8 heteroatoms. The van der Waals surface area contributed by atoms with Gasteiger partial charge >= 0.3 is 6.09 Å². The minimum Gasteiger partial charge on any atom is -0.410 e. The van der Waals surface area contributed by atoms with Crippen LogP contribution in [0.2, 0.25) is 0 Å². The first-order valence-corrected chi connectivity index (χ1v) is 9.03. The standard InChI is InChI=1S/C21H24N3O5/c1-14(2)17-12-16(29-21(22)28)8-9-18(17)23-19(26)13-24(20(27)10-11-25)15-6-4-3-5-7-15/h3-10,12,14,25H,11,13H2,1-2H3,(H2,22,28)(H,23,26). The number of aliphatic hydroxyl groups excluding tert-OH is 1. The Labute approximate surface area is 169 Å². The molecule has 0 bridgehead atoms. The number of carbonyl (C=O) groups is 3. The number of nitrogens with two attached hydrogens (primary N) is 1. The number of primary amides is 1. The number of aliphatic hydroxyl groups is 1. The van der Waals surface area contributed by atoms with E-state index in [2.05, 4.69) is 5.32 Å². The summed E-state index contributed by atoms with van der Waals surface area (Å²) in [6, 6.07) is 13.5. The Hall–Kier alpha value is -3.39. The average molecular weight is 398 g/mol. The highest BCUT2D eigenvalue weighted by Gasteiger charge is 2.20. The Morgan fingerprint density at radius 2 is 1.86 bits per heavy atom. The van der Waals surface area contributed by atoms with Crippen LogP contribution in [0, 0.1) is 6.42 Å². The lowest BCUT2D eigenvalue weighted by Gasteiger charge is -2.23. The molecule has 0 spiro atoms. The van der Waals surface area contributed by atoms with Gasteiger partial charge in [-0.15, -0.1) is 0 Å². The van der Waals surface area contributed by atoms with E-state index in [4.69, 9.17) is 15.6 Å². The molecule has 0 saturated carbocycles. The van der Waals surface area contributed by atoms with E-state index >= 15 is 0 Å². The molecule has 29 heavy (non-hydrogen) atoms. The fourth-order valence-electron chi connectivity index (χ4n) is 2.74. The smallest absolute Gasteiger partial charge is 0.409 e. The molecule has 2 aromatic carbocycles. The van der Waals surface area contributed by atoms with E-state index in [0.29, 0.717) is 11.4 Å². The van der Waals surface area contributed by atoms with Crippen molar-refractivity contribution in [3.63, 3.8) is 0 Å². The van der Waals surface area contributed by atoms with Crippen molar-refractivity contribution in [2.75, 3.05) is 23.4 Å². The highest BCUT2D eigenvalue weighted by molar-refractivity contribution is 6.06. The van der Waals surface area contributed by atoms with Crippen LogP contribution in [0.25, 0.3) is 0 Å². The van der Waals surface area contributed by atoms with E-state index in [1.807, 2.05) is 13.8 Å². The van der Waals surface area contributed by atoms with Crippen LogP contribution < -0.4 is 20.7 Å². The first-order valence-electron chi connectivity index (χ1n) is 9.03. The molecule has 1 radical (unpaired) electrons. The van der Waals surface area contributed by atoms with Gasteiger partial charge < -0.3 is 25.8 Å². The van der Waals surface area contributed by atoms with Crippen LogP contribution >= 0.6 is 0 Å². The second-order valence-electron chi connectivity index (χ2n) is 6.52. The van der Waals surface area contributed by atoms with E-state index in [9.17, 15) is 14.4 Å². The zero-order valence-electron chi connectivity index (χ0n) is 16.3. The Kier molecular flexibility index (Phi) is 7.73. The number of ether oxygens (including phenoxy) is 1. The molecule has 0 unspecified atom stereocenters. The van der Waals surface area contributed by atoms with Gasteiger partial charge in [0.1, 0.15) is 12.3 Å². The lowest BCUT2D eigenvalue weighted by Crippen LogP contribution is -2.38. The number of nitrogens with zero attached hydrogens (tertiary/aromatic N) is 1. The summed E-state index contributed by atoms with van der Waals surface area (Å²) in [5.41, 5.74) is 6.86. The van der Waals surface area contributed by atoms with E-state index in [0.717, 1.165) is 12.0 Å². The molecule has 8 nitrogen and oxygen atoms in total. The van der Waals surface area contributed by atoms with Gasteiger partial charge in [0.2, 0.25) is 11.8 Å². The van der Waals surface area contributed by atoms with Gasteiger partial charge in [-0.2, -0.15) is 0 Å². The number of hydrogen-bond acceptors (Lipinski definition) is 5. The number of rotatable bonds is 8. The van der Waals surface area contributed by atoms with Crippen molar-refractivity contribution in [3.05, 3.63) is 60.5 Å². The molecular weight excluding hydrogens is 374 g/mol. The highest BCUT2D eigenvalue weighted by Crippen LogP contribution is 2.29. The predicted molar refractivity (Wildman–Crippen MR) is 110 cm³/mol. The van der Waals surface area contributed by atoms with Crippen molar-refractivity contribution in [3.8, 4) is 5.75 Å². The van der Waals surface area contributed by atoms with Crippen LogP contribution in [0.15, 0.2) is 48.5 Å². The quantitative estimate of drug-likeness (QED) is 0.630. The topological polar surface area (TPSA) is 122 Å². The lowest BCUT2D eigenvalue weighted by molar-refractivity contribution is -0.119. The first-order chi connectivity index (χ1) is 13.8. The van der Waals surface area contributed by atoms with Crippen molar-refractivity contribution in [2.24, 2.45) is 5.73 Å². The van der Waals surface area contributed by atoms with Crippen molar-refractivity contribution in [2.45, 2.75) is 19.8 Å². The van der Waals surface area contributed by atoms with Crippen molar-refractivity contribution in [1.82, 2.24) is 0 Å². The summed E-state index contributed by atoms with van der Waals surface area (Å²) in [6.45, 7) is 3.18. The molecule has 0 aliphatic rings. The van der Waals surface area contributed by atoms with E-state index < -0.39 is 24.5 Å². The van der Waals surface area contributed by atoms with E-state index in [1.54, 1.807) is 42.5 Å². The fourth-order valence-corrected chi connectivity index (χ4v) is 2.74. The molecule has 0 aliphatic carbocycles. The highest BCUT2D eigenvalue weighted by atomic mass is 16.5. The van der Waals surface area contributed by atoms with Gasteiger partial charge in [0.15, 0.2) is 0 Å². The summed E-state index contributed by atoms with van der Waals surface area (Å²) in [6.07, 6.45) is 0.170. The summed E-state index contributed by atoms with van der Waals surface area (Å²) in [7, 11) is 0. The minimum atomic E-state index is -0.923. The van der Waals surface area contributed by atoms with Crippen LogP contribution in [-0.2, 0) is 9.59 Å². The molecule has 0 fully saturated rings. The number of amides is 3. The molecule has 0 saturated heterocycles. The SMILES string of the molecule is CC(C)c1cc(OC(N)=O)ccc1NC(=O)CN(C(=O)[CH]CO)c1ccccc1. The maximum Gasteiger partial charge on any atom is 0.409 e. The lowest BCUT2D eigenvalue weighted by atomic mass is 10.0. The molecule has 2 rings (SSSR count). The summed E-state index contributed by atoms with van der Waals surface area (Å²) in [5.74, 6) is -0.601. The first kappa shape index (κ1) is 21.9. The zero-order valence-corrected chi connectivity index (χ0v) is 16.3. The summed E-state index contributed by atoms with van der Waals surface area (Å²) in [5, 5.41) is 11.8. The molecular formula is C21H24N3O5. The monoisotopic (exact) mass is 398 g/mol. The fraction of sp³-hybridized carbons (Fsp3) is 0.238. The summed E-state index contributed by atoms with van der Waals surface area (Å²) in [4.78, 5) is 37.2. The van der Waals surface area contributed by atoms with Gasteiger partial charge in [-0.3, -0.25) is 9.59 Å². The maximum atomic E-state index is 12.7. The second-order valence-corrected chi connectivity index (χ2v) is 6.52. The average Bonchev–Trinajstić information content (AvgIpc) is 2.67. The molecule has 153 valence electrons.